The number of carboxylic acids is 1. The van der Waals surface area contributed by atoms with Gasteiger partial charge in [0.2, 0.25) is 5.91 Å². The van der Waals surface area contributed by atoms with Gasteiger partial charge < -0.3 is 25.0 Å². The average Bonchev–Trinajstić information content (AvgIpc) is 2.89. The summed E-state index contributed by atoms with van der Waals surface area (Å²) in [5.74, 6) is -2.02. The van der Waals surface area contributed by atoms with Gasteiger partial charge in [0, 0.05) is 5.69 Å². The van der Waals surface area contributed by atoms with Crippen LogP contribution in [-0.2, 0) is 14.3 Å². The molecule has 0 radical (unpaired) electrons. The Kier molecular flexibility index (Phi) is 17.1. The molecule has 0 aliphatic carbocycles. The Morgan fingerprint density at radius 2 is 1.55 bits per heavy atom. The Labute approximate surface area is 224 Å². The van der Waals surface area contributed by atoms with E-state index in [1.165, 1.54) is 6.07 Å². The highest BCUT2D eigenvalue weighted by atomic mass is 16.5. The Hall–Kier alpha value is -3.85. The molecule has 1 atom stereocenters. The lowest BCUT2D eigenvalue weighted by molar-refractivity contribution is -0.133. The largest absolute Gasteiger partial charge is 0.507 e. The van der Waals surface area contributed by atoms with Crippen LogP contribution in [0.2, 0.25) is 0 Å². The predicted octanol–water partition coefficient (Wildman–Crippen LogP) is 5.75. The minimum Gasteiger partial charge on any atom is -0.507 e. The maximum atomic E-state index is 12.3. The van der Waals surface area contributed by atoms with E-state index < -0.39 is 23.9 Å². The summed E-state index contributed by atoms with van der Waals surface area (Å²) in [5.41, 5.74) is -0.190. The molecule has 4 N–H and O–H groups in total. The number of aromatic hydroxyl groups is 1. The molecule has 1 rings (SSSR count). The van der Waals surface area contributed by atoms with Gasteiger partial charge in [0.25, 0.3) is 0 Å². The highest BCUT2D eigenvalue weighted by Gasteiger charge is 2.16. The van der Waals surface area contributed by atoms with Crippen LogP contribution < -0.4 is 10.6 Å². The molecule has 1 aromatic rings. The van der Waals surface area contributed by atoms with E-state index in [4.69, 9.17) is 14.6 Å². The second kappa shape index (κ2) is 20.2. The van der Waals surface area contributed by atoms with Gasteiger partial charge in [0.1, 0.15) is 24.0 Å². The van der Waals surface area contributed by atoms with Crippen molar-refractivity contribution in [1.82, 2.24) is 5.32 Å². The number of rotatable bonds is 18. The van der Waals surface area contributed by atoms with Crippen molar-refractivity contribution in [3.8, 4) is 5.75 Å². The van der Waals surface area contributed by atoms with Crippen LogP contribution in [0.5, 0.6) is 5.75 Å². The number of aromatic carboxylic acids is 1. The molecule has 1 aromatic carbocycles. The Bertz CT molecular complexity index is 983. The number of hydrogen-bond acceptors (Lipinski definition) is 6. The van der Waals surface area contributed by atoms with E-state index in [9.17, 15) is 19.5 Å². The maximum absolute atomic E-state index is 12.3. The van der Waals surface area contributed by atoms with Crippen LogP contribution in [0, 0.1) is 0 Å². The fourth-order valence-corrected chi connectivity index (χ4v) is 3.13. The van der Waals surface area contributed by atoms with E-state index in [1.54, 1.807) is 0 Å². The van der Waals surface area contributed by atoms with Crippen LogP contribution in [0.3, 0.4) is 0 Å². The number of carbonyl (C=O) groups is 3. The van der Waals surface area contributed by atoms with Gasteiger partial charge in [-0.25, -0.2) is 9.59 Å². The van der Waals surface area contributed by atoms with E-state index in [0.717, 1.165) is 37.8 Å². The van der Waals surface area contributed by atoms with E-state index in [-0.39, 0.29) is 30.3 Å². The van der Waals surface area contributed by atoms with Crippen molar-refractivity contribution in [3.05, 3.63) is 72.4 Å². The number of hydrogen-bond donors (Lipinski definition) is 4. The molecule has 9 nitrogen and oxygen atoms in total. The van der Waals surface area contributed by atoms with Crippen LogP contribution in [0.1, 0.15) is 62.7 Å². The molecule has 1 unspecified atom stereocenters. The molecule has 0 aliphatic heterocycles. The predicted molar refractivity (Wildman–Crippen MR) is 148 cm³/mol. The Balaban J connectivity index is 2.19. The van der Waals surface area contributed by atoms with Crippen LogP contribution in [0.25, 0.3) is 0 Å². The number of phenols is 1. The number of ether oxygens (including phenoxy) is 2. The van der Waals surface area contributed by atoms with Crippen LogP contribution in [-0.4, -0.2) is 54.0 Å². The minimum absolute atomic E-state index is 0.0835. The van der Waals surface area contributed by atoms with E-state index in [2.05, 4.69) is 60.1 Å². The first-order valence-corrected chi connectivity index (χ1v) is 12.9. The first-order valence-electron chi connectivity index (χ1n) is 12.9. The lowest BCUT2D eigenvalue weighted by Gasteiger charge is -2.15. The second-order valence-electron chi connectivity index (χ2n) is 8.15. The van der Waals surface area contributed by atoms with Gasteiger partial charge in [-0.1, -0.05) is 62.5 Å². The van der Waals surface area contributed by atoms with Gasteiger partial charge in [-0.15, -0.1) is 0 Å². The van der Waals surface area contributed by atoms with Crippen molar-refractivity contribution in [1.29, 1.82) is 0 Å². The zero-order chi connectivity index (χ0) is 28.0. The second-order valence-corrected chi connectivity index (χ2v) is 8.15. The first-order chi connectivity index (χ1) is 18.4. The third kappa shape index (κ3) is 14.6. The van der Waals surface area contributed by atoms with Crippen molar-refractivity contribution in [3.63, 3.8) is 0 Å². The maximum Gasteiger partial charge on any atom is 0.411 e. The lowest BCUT2D eigenvalue weighted by Crippen LogP contribution is -2.38. The number of benzene rings is 1. The lowest BCUT2D eigenvalue weighted by atomic mass is 10.2. The standard InChI is InChI=1S/C29H40N2O7/c1-3-5-6-7-8-9-10-11-12-13-14-15-16-20-37-26(4-2)27(33)30-19-21-38-29(36)31-23-17-18-25(32)24(22-23)28(34)35/h5-6,8-9,11-12,14-15,17-18,22,26,32H,3-4,7,10,13,16,19-21H2,1-2H3,(H,30,33)(H,31,36)(H,34,35)/b6-5-,9-8-,12-11-,15-14-. The summed E-state index contributed by atoms with van der Waals surface area (Å²) < 4.78 is 10.7. The molecular weight excluding hydrogens is 488 g/mol. The molecule has 9 heteroatoms. The molecular formula is C29H40N2O7. The molecule has 0 fully saturated rings. The molecule has 0 saturated heterocycles. The SMILES string of the molecule is CC/C=C\C/C=C\C/C=C\C/C=C\CCOC(CC)C(=O)NCCOC(=O)Nc1ccc(O)c(C(=O)O)c1. The van der Waals surface area contributed by atoms with E-state index >= 15 is 0 Å². The molecule has 0 aromatic heterocycles. The Morgan fingerprint density at radius 3 is 2.16 bits per heavy atom. The summed E-state index contributed by atoms with van der Waals surface area (Å²) in [4.78, 5) is 35.2. The number of allylic oxidation sites excluding steroid dienone is 7. The zero-order valence-corrected chi connectivity index (χ0v) is 22.2. The summed E-state index contributed by atoms with van der Waals surface area (Å²) >= 11 is 0. The van der Waals surface area contributed by atoms with Crippen molar-refractivity contribution in [2.75, 3.05) is 25.1 Å². The van der Waals surface area contributed by atoms with Crippen LogP contribution in [0.15, 0.2) is 66.8 Å². The third-order valence-corrected chi connectivity index (χ3v) is 5.09. The normalized spacial score (nSPS) is 12.5. The van der Waals surface area contributed by atoms with Crippen LogP contribution >= 0.6 is 0 Å². The fraction of sp³-hybridized carbons (Fsp3) is 0.414. The molecule has 0 heterocycles. The quantitative estimate of drug-likeness (QED) is 0.108. The molecule has 0 aliphatic rings. The highest BCUT2D eigenvalue weighted by Crippen LogP contribution is 2.21. The molecule has 2 amide bonds. The summed E-state index contributed by atoms with van der Waals surface area (Å²) in [5, 5.41) is 23.6. The Morgan fingerprint density at radius 1 is 0.921 bits per heavy atom. The van der Waals surface area contributed by atoms with Crippen LogP contribution in [0.4, 0.5) is 10.5 Å². The molecule has 38 heavy (non-hydrogen) atoms. The van der Waals surface area contributed by atoms with Crippen molar-refractivity contribution >= 4 is 23.7 Å². The number of amides is 2. The molecule has 0 saturated carbocycles. The number of nitrogens with one attached hydrogen (secondary N) is 2. The van der Waals surface area contributed by atoms with Gasteiger partial charge in [-0.2, -0.15) is 0 Å². The third-order valence-electron chi connectivity index (χ3n) is 5.09. The number of carbonyl (C=O) groups excluding carboxylic acids is 2. The number of carboxylic acid groups (broad SMARTS) is 1. The molecule has 0 bridgehead atoms. The van der Waals surface area contributed by atoms with E-state index in [0.29, 0.717) is 19.4 Å². The summed E-state index contributed by atoms with van der Waals surface area (Å²) in [7, 11) is 0. The zero-order valence-electron chi connectivity index (χ0n) is 22.2. The topological polar surface area (TPSA) is 134 Å². The van der Waals surface area contributed by atoms with Gasteiger partial charge >= 0.3 is 12.1 Å². The van der Waals surface area contributed by atoms with Gasteiger partial charge in [-0.3, -0.25) is 10.1 Å². The van der Waals surface area contributed by atoms with Gasteiger partial charge in [0.15, 0.2) is 0 Å². The number of anilines is 1. The summed E-state index contributed by atoms with van der Waals surface area (Å²) in [6.45, 7) is 4.41. The van der Waals surface area contributed by atoms with Crippen molar-refractivity contribution < 1.29 is 34.1 Å². The van der Waals surface area contributed by atoms with E-state index in [1.807, 2.05) is 13.0 Å². The fourth-order valence-electron chi connectivity index (χ4n) is 3.13. The summed E-state index contributed by atoms with van der Waals surface area (Å²) in [6.07, 6.45) is 20.6. The van der Waals surface area contributed by atoms with Crippen molar-refractivity contribution in [2.24, 2.45) is 0 Å². The highest BCUT2D eigenvalue weighted by molar-refractivity contribution is 5.94. The summed E-state index contributed by atoms with van der Waals surface area (Å²) in [6, 6.07) is 3.61. The first kappa shape index (κ1) is 32.2. The van der Waals surface area contributed by atoms with Crippen molar-refractivity contribution in [2.45, 2.75) is 58.5 Å². The van der Waals surface area contributed by atoms with Gasteiger partial charge in [-0.05, 0) is 56.7 Å². The average molecular weight is 529 g/mol. The minimum atomic E-state index is -1.33. The van der Waals surface area contributed by atoms with Gasteiger partial charge in [0.05, 0.1) is 13.2 Å². The molecule has 208 valence electrons. The monoisotopic (exact) mass is 528 g/mol. The smallest absolute Gasteiger partial charge is 0.411 e. The molecule has 0 spiro atoms.